The number of pyridine rings is 1. The summed E-state index contributed by atoms with van der Waals surface area (Å²) in [6.45, 7) is 5.42. The van der Waals surface area contributed by atoms with E-state index in [0.29, 0.717) is 6.04 Å². The molecule has 0 unspecified atom stereocenters. The molecule has 2 aromatic rings. The molecule has 1 aromatic heterocycles. The van der Waals surface area contributed by atoms with Crippen molar-refractivity contribution in [1.29, 1.82) is 0 Å². The largest absolute Gasteiger partial charge is 0.370 e. The minimum atomic E-state index is 0.507. The number of aromatic nitrogens is 1. The molecule has 1 aliphatic heterocycles. The summed E-state index contributed by atoms with van der Waals surface area (Å²) in [7, 11) is 0. The van der Waals surface area contributed by atoms with Gasteiger partial charge in [-0.1, -0.05) is 49.7 Å². The SMILES string of the molecule is CCCCNc1ccc([C@@H]2CCCN2Cc2ccccc2)cn1. The third-order valence-corrected chi connectivity index (χ3v) is 4.60. The first-order valence-electron chi connectivity index (χ1n) is 8.84. The molecule has 1 atom stereocenters. The van der Waals surface area contributed by atoms with Gasteiger partial charge in [0.1, 0.15) is 5.82 Å². The van der Waals surface area contributed by atoms with Crippen molar-refractivity contribution in [3.05, 3.63) is 59.8 Å². The van der Waals surface area contributed by atoms with Crippen molar-refractivity contribution in [2.24, 2.45) is 0 Å². The molecular weight excluding hydrogens is 282 g/mol. The number of rotatable bonds is 7. The molecule has 1 saturated heterocycles. The summed E-state index contributed by atoms with van der Waals surface area (Å²) < 4.78 is 0. The molecule has 3 nitrogen and oxygen atoms in total. The number of anilines is 1. The Morgan fingerprint density at radius 1 is 1.17 bits per heavy atom. The van der Waals surface area contributed by atoms with E-state index < -0.39 is 0 Å². The van der Waals surface area contributed by atoms with E-state index in [-0.39, 0.29) is 0 Å². The first-order valence-corrected chi connectivity index (χ1v) is 8.84. The standard InChI is InChI=1S/C20H27N3/c1-2-3-13-21-20-12-11-18(15-22-20)19-10-7-14-23(19)16-17-8-5-4-6-9-17/h4-6,8-9,11-12,15,19H,2-3,7,10,13-14,16H2,1H3,(H,21,22)/t19-/m0/s1. The fourth-order valence-corrected chi connectivity index (χ4v) is 3.31. The number of unbranched alkanes of at least 4 members (excludes halogenated alkanes) is 1. The first-order chi connectivity index (χ1) is 11.4. The summed E-state index contributed by atoms with van der Waals surface area (Å²) in [5, 5.41) is 3.39. The second-order valence-corrected chi connectivity index (χ2v) is 6.37. The monoisotopic (exact) mass is 309 g/mol. The normalized spacial score (nSPS) is 18.2. The zero-order valence-electron chi connectivity index (χ0n) is 14.0. The number of benzene rings is 1. The fraction of sp³-hybridized carbons (Fsp3) is 0.450. The highest BCUT2D eigenvalue weighted by molar-refractivity contribution is 5.36. The lowest BCUT2D eigenvalue weighted by Gasteiger charge is -2.24. The van der Waals surface area contributed by atoms with Crippen LogP contribution in [0.5, 0.6) is 0 Å². The summed E-state index contributed by atoms with van der Waals surface area (Å²) in [5.74, 6) is 0.995. The molecule has 1 aliphatic rings. The highest BCUT2D eigenvalue weighted by atomic mass is 15.2. The average Bonchev–Trinajstić information content (AvgIpc) is 3.05. The number of hydrogen-bond donors (Lipinski definition) is 1. The van der Waals surface area contributed by atoms with E-state index in [4.69, 9.17) is 0 Å². The topological polar surface area (TPSA) is 28.2 Å². The van der Waals surface area contributed by atoms with Crippen LogP contribution < -0.4 is 5.32 Å². The Morgan fingerprint density at radius 3 is 2.78 bits per heavy atom. The predicted octanol–water partition coefficient (Wildman–Crippen LogP) is 4.63. The van der Waals surface area contributed by atoms with Gasteiger partial charge in [0.2, 0.25) is 0 Å². The Kier molecular flexibility index (Phi) is 5.65. The molecule has 0 aliphatic carbocycles. The molecule has 1 fully saturated rings. The number of hydrogen-bond acceptors (Lipinski definition) is 3. The lowest BCUT2D eigenvalue weighted by atomic mass is 10.1. The smallest absolute Gasteiger partial charge is 0.125 e. The van der Waals surface area contributed by atoms with Crippen LogP contribution in [0.1, 0.15) is 49.8 Å². The van der Waals surface area contributed by atoms with E-state index in [1.165, 1.54) is 43.4 Å². The van der Waals surface area contributed by atoms with Crippen molar-refractivity contribution in [1.82, 2.24) is 9.88 Å². The Bertz CT molecular complexity index is 580. The molecule has 0 saturated carbocycles. The van der Waals surface area contributed by atoms with E-state index in [0.717, 1.165) is 18.9 Å². The first kappa shape index (κ1) is 16.0. The Hall–Kier alpha value is -1.87. The number of nitrogens with zero attached hydrogens (tertiary/aromatic N) is 2. The van der Waals surface area contributed by atoms with Gasteiger partial charge in [0, 0.05) is 25.3 Å². The minimum Gasteiger partial charge on any atom is -0.370 e. The number of likely N-dealkylation sites (tertiary alicyclic amines) is 1. The van der Waals surface area contributed by atoms with Gasteiger partial charge in [-0.05, 0) is 43.0 Å². The van der Waals surface area contributed by atoms with Crippen molar-refractivity contribution in [2.45, 2.75) is 45.2 Å². The third kappa shape index (κ3) is 4.32. The quantitative estimate of drug-likeness (QED) is 0.756. The van der Waals surface area contributed by atoms with Gasteiger partial charge in [0.15, 0.2) is 0 Å². The highest BCUT2D eigenvalue weighted by Crippen LogP contribution is 2.33. The van der Waals surface area contributed by atoms with E-state index in [2.05, 4.69) is 70.8 Å². The Labute approximate surface area is 139 Å². The van der Waals surface area contributed by atoms with Crippen molar-refractivity contribution in [2.75, 3.05) is 18.4 Å². The van der Waals surface area contributed by atoms with Crippen molar-refractivity contribution >= 4 is 5.82 Å². The summed E-state index contributed by atoms with van der Waals surface area (Å²) in [6.07, 6.45) is 6.96. The van der Waals surface area contributed by atoms with Gasteiger partial charge >= 0.3 is 0 Å². The molecule has 3 heteroatoms. The highest BCUT2D eigenvalue weighted by Gasteiger charge is 2.26. The van der Waals surface area contributed by atoms with Gasteiger partial charge in [-0.15, -0.1) is 0 Å². The third-order valence-electron chi connectivity index (χ3n) is 4.60. The van der Waals surface area contributed by atoms with Gasteiger partial charge in [0.25, 0.3) is 0 Å². The molecule has 0 amide bonds. The predicted molar refractivity (Wildman–Crippen MR) is 96.5 cm³/mol. The maximum Gasteiger partial charge on any atom is 0.125 e. The van der Waals surface area contributed by atoms with E-state index in [9.17, 15) is 0 Å². The van der Waals surface area contributed by atoms with Gasteiger partial charge in [-0.25, -0.2) is 4.98 Å². The van der Waals surface area contributed by atoms with Crippen molar-refractivity contribution in [3.63, 3.8) is 0 Å². The lowest BCUT2D eigenvalue weighted by molar-refractivity contribution is 0.248. The zero-order chi connectivity index (χ0) is 15.9. The Morgan fingerprint density at radius 2 is 2.04 bits per heavy atom. The van der Waals surface area contributed by atoms with Crippen LogP contribution in [0.15, 0.2) is 48.7 Å². The second kappa shape index (κ2) is 8.11. The molecule has 0 bridgehead atoms. The molecule has 1 N–H and O–H groups in total. The van der Waals surface area contributed by atoms with E-state index in [1.807, 2.05) is 0 Å². The molecule has 2 heterocycles. The van der Waals surface area contributed by atoms with Gasteiger partial charge in [-0.3, -0.25) is 4.90 Å². The summed E-state index contributed by atoms with van der Waals surface area (Å²) >= 11 is 0. The van der Waals surface area contributed by atoms with Crippen LogP contribution >= 0.6 is 0 Å². The van der Waals surface area contributed by atoms with Crippen molar-refractivity contribution in [3.8, 4) is 0 Å². The molecule has 0 radical (unpaired) electrons. The van der Waals surface area contributed by atoms with Crippen LogP contribution in [0.2, 0.25) is 0 Å². The fourth-order valence-electron chi connectivity index (χ4n) is 3.31. The van der Waals surface area contributed by atoms with E-state index in [1.54, 1.807) is 0 Å². The molecule has 122 valence electrons. The van der Waals surface area contributed by atoms with Crippen LogP contribution in [0, 0.1) is 0 Å². The van der Waals surface area contributed by atoms with Crippen LogP contribution in [-0.2, 0) is 6.54 Å². The maximum atomic E-state index is 4.60. The summed E-state index contributed by atoms with van der Waals surface area (Å²) in [4.78, 5) is 7.18. The minimum absolute atomic E-state index is 0.507. The average molecular weight is 309 g/mol. The summed E-state index contributed by atoms with van der Waals surface area (Å²) in [6, 6.07) is 15.6. The van der Waals surface area contributed by atoms with Gasteiger partial charge in [-0.2, -0.15) is 0 Å². The molecular formula is C20H27N3. The van der Waals surface area contributed by atoms with E-state index >= 15 is 0 Å². The molecule has 1 aromatic carbocycles. The zero-order valence-corrected chi connectivity index (χ0v) is 14.0. The van der Waals surface area contributed by atoms with Crippen LogP contribution in [0.4, 0.5) is 5.82 Å². The number of nitrogens with one attached hydrogen (secondary N) is 1. The maximum absolute atomic E-state index is 4.60. The Balaban J connectivity index is 1.63. The van der Waals surface area contributed by atoms with Crippen molar-refractivity contribution < 1.29 is 0 Å². The second-order valence-electron chi connectivity index (χ2n) is 6.37. The lowest BCUT2D eigenvalue weighted by Crippen LogP contribution is -2.22. The van der Waals surface area contributed by atoms with Crippen LogP contribution in [0.3, 0.4) is 0 Å². The summed E-state index contributed by atoms with van der Waals surface area (Å²) in [5.41, 5.74) is 2.74. The molecule has 0 spiro atoms. The molecule has 3 rings (SSSR count). The van der Waals surface area contributed by atoms with Crippen LogP contribution in [-0.4, -0.2) is 23.0 Å². The van der Waals surface area contributed by atoms with Crippen LogP contribution in [0.25, 0.3) is 0 Å². The molecule has 23 heavy (non-hydrogen) atoms. The van der Waals surface area contributed by atoms with Gasteiger partial charge in [0.05, 0.1) is 0 Å². The van der Waals surface area contributed by atoms with Gasteiger partial charge < -0.3 is 5.32 Å².